The van der Waals surface area contributed by atoms with E-state index in [-0.39, 0.29) is 5.91 Å². The molecule has 2 fully saturated rings. The van der Waals surface area contributed by atoms with Gasteiger partial charge < -0.3 is 28.9 Å². The molecule has 0 radical (unpaired) electrons. The smallest absolute Gasteiger partial charge is 0.257 e. The highest BCUT2D eigenvalue weighted by atomic mass is 16.5. The molecular weight excluding hydrogens is 386 g/mol. The lowest BCUT2D eigenvalue weighted by Gasteiger charge is -2.36. The lowest BCUT2D eigenvalue weighted by Crippen LogP contribution is -2.49. The van der Waals surface area contributed by atoms with Crippen molar-refractivity contribution in [3.05, 3.63) is 36.0 Å². The van der Waals surface area contributed by atoms with Crippen LogP contribution in [0.1, 0.15) is 10.4 Å². The summed E-state index contributed by atoms with van der Waals surface area (Å²) in [6.45, 7) is 5.76. The number of hydrogen-bond acceptors (Lipinski definition) is 8. The van der Waals surface area contributed by atoms with Gasteiger partial charge in [0, 0.05) is 45.3 Å². The Morgan fingerprint density at radius 2 is 1.77 bits per heavy atom. The molecule has 9 nitrogen and oxygen atoms in total. The van der Waals surface area contributed by atoms with Crippen LogP contribution in [0.15, 0.2) is 30.5 Å². The molecule has 1 aromatic carbocycles. The number of amides is 1. The van der Waals surface area contributed by atoms with Gasteiger partial charge in [0.15, 0.2) is 17.3 Å². The molecule has 4 rings (SSSR count). The summed E-state index contributed by atoms with van der Waals surface area (Å²) in [5.41, 5.74) is 1.54. The minimum Gasteiger partial charge on any atom is -0.493 e. The first kappa shape index (κ1) is 20.2. The number of carbonyl (C=O) groups is 1. The van der Waals surface area contributed by atoms with Gasteiger partial charge in [0.25, 0.3) is 5.91 Å². The third kappa shape index (κ3) is 4.11. The van der Waals surface area contributed by atoms with Crippen LogP contribution in [0.3, 0.4) is 0 Å². The van der Waals surface area contributed by atoms with E-state index in [0.29, 0.717) is 43.4 Å². The monoisotopic (exact) mass is 413 g/mol. The quantitative estimate of drug-likeness (QED) is 0.726. The third-order valence-electron chi connectivity index (χ3n) is 5.53. The molecule has 0 atom stereocenters. The maximum atomic E-state index is 13.1. The number of ether oxygens (including phenoxy) is 3. The van der Waals surface area contributed by atoms with Crippen molar-refractivity contribution in [1.29, 1.82) is 0 Å². The fourth-order valence-corrected chi connectivity index (χ4v) is 3.86. The predicted octanol–water partition coefficient (Wildman–Crippen LogP) is 1.29. The molecule has 0 aliphatic carbocycles. The van der Waals surface area contributed by atoms with Crippen LogP contribution in [0.25, 0.3) is 0 Å². The zero-order chi connectivity index (χ0) is 20.9. The van der Waals surface area contributed by atoms with Gasteiger partial charge in [0.2, 0.25) is 0 Å². The molecule has 0 spiro atoms. The van der Waals surface area contributed by atoms with Crippen LogP contribution in [0.5, 0.6) is 11.5 Å². The van der Waals surface area contributed by atoms with E-state index in [0.717, 1.165) is 37.7 Å². The summed E-state index contributed by atoms with van der Waals surface area (Å²) in [5.74, 6) is 1.85. The fourth-order valence-electron chi connectivity index (χ4n) is 3.86. The number of rotatable bonds is 5. The largest absolute Gasteiger partial charge is 0.493 e. The standard InChI is InChI=1S/C21H27N5O4/c1-28-18-5-3-4-17(20(18)29-2)21(27)26-8-6-24(7-9-26)16-14-19(23-22-15-16)25-10-12-30-13-11-25/h3-5,14-15H,6-13H2,1-2H3. The Hall–Kier alpha value is -3.07. The van der Waals surface area contributed by atoms with E-state index < -0.39 is 0 Å². The van der Waals surface area contributed by atoms with E-state index in [1.54, 1.807) is 38.6 Å². The second kappa shape index (κ2) is 9.17. The number of carbonyl (C=O) groups excluding carboxylic acids is 1. The summed E-state index contributed by atoms with van der Waals surface area (Å²) < 4.78 is 16.2. The van der Waals surface area contributed by atoms with Crippen molar-refractivity contribution in [1.82, 2.24) is 15.1 Å². The normalized spacial score (nSPS) is 17.1. The first-order valence-electron chi connectivity index (χ1n) is 10.1. The topological polar surface area (TPSA) is 80.3 Å². The maximum Gasteiger partial charge on any atom is 0.257 e. The predicted molar refractivity (Wildman–Crippen MR) is 113 cm³/mol. The van der Waals surface area contributed by atoms with E-state index in [1.165, 1.54) is 0 Å². The second-order valence-electron chi connectivity index (χ2n) is 7.19. The Bertz CT molecular complexity index is 879. The Balaban J connectivity index is 1.42. The number of methoxy groups -OCH3 is 2. The van der Waals surface area contributed by atoms with Crippen molar-refractivity contribution in [2.24, 2.45) is 0 Å². The van der Waals surface area contributed by atoms with Crippen LogP contribution in [-0.4, -0.2) is 87.7 Å². The van der Waals surface area contributed by atoms with E-state index >= 15 is 0 Å². The highest BCUT2D eigenvalue weighted by molar-refractivity contribution is 5.98. The van der Waals surface area contributed by atoms with Crippen LogP contribution < -0.4 is 19.3 Å². The van der Waals surface area contributed by atoms with Crippen molar-refractivity contribution < 1.29 is 19.0 Å². The highest BCUT2D eigenvalue weighted by Gasteiger charge is 2.26. The number of morpholine rings is 1. The van der Waals surface area contributed by atoms with Crippen molar-refractivity contribution in [3.63, 3.8) is 0 Å². The van der Waals surface area contributed by atoms with E-state index in [1.807, 2.05) is 4.90 Å². The Labute approximate surface area is 176 Å². The molecule has 1 amide bonds. The number of hydrogen-bond donors (Lipinski definition) is 0. The summed E-state index contributed by atoms with van der Waals surface area (Å²) in [6, 6.07) is 7.44. The van der Waals surface area contributed by atoms with Crippen LogP contribution in [0, 0.1) is 0 Å². The molecule has 9 heteroatoms. The number of aromatic nitrogens is 2. The van der Waals surface area contributed by atoms with Gasteiger partial charge in [-0.2, -0.15) is 5.10 Å². The van der Waals surface area contributed by atoms with Crippen molar-refractivity contribution in [2.45, 2.75) is 0 Å². The number of anilines is 2. The van der Waals surface area contributed by atoms with Crippen LogP contribution in [-0.2, 0) is 4.74 Å². The minimum absolute atomic E-state index is 0.0488. The molecule has 3 heterocycles. The van der Waals surface area contributed by atoms with E-state index in [2.05, 4.69) is 26.1 Å². The molecule has 2 aromatic rings. The molecule has 1 aromatic heterocycles. The SMILES string of the molecule is COc1cccc(C(=O)N2CCN(c3cnnc(N4CCOCC4)c3)CC2)c1OC. The summed E-state index contributed by atoms with van der Waals surface area (Å²) in [6.07, 6.45) is 1.78. The van der Waals surface area contributed by atoms with E-state index in [4.69, 9.17) is 14.2 Å². The van der Waals surface area contributed by atoms with Gasteiger partial charge in [0.1, 0.15) is 0 Å². The molecule has 30 heavy (non-hydrogen) atoms. The van der Waals surface area contributed by atoms with Gasteiger partial charge in [-0.1, -0.05) is 6.07 Å². The molecule has 2 aliphatic rings. The summed E-state index contributed by atoms with van der Waals surface area (Å²) in [4.78, 5) is 19.4. The second-order valence-corrected chi connectivity index (χ2v) is 7.19. The molecule has 2 saturated heterocycles. The molecule has 160 valence electrons. The van der Waals surface area contributed by atoms with Crippen LogP contribution in [0.4, 0.5) is 11.5 Å². The van der Waals surface area contributed by atoms with Crippen molar-refractivity contribution in [3.8, 4) is 11.5 Å². The molecular formula is C21H27N5O4. The Morgan fingerprint density at radius 3 is 2.47 bits per heavy atom. The number of para-hydroxylation sites is 1. The average Bonchev–Trinajstić information content (AvgIpc) is 2.83. The van der Waals surface area contributed by atoms with Crippen LogP contribution >= 0.6 is 0 Å². The van der Waals surface area contributed by atoms with Gasteiger partial charge >= 0.3 is 0 Å². The first-order chi connectivity index (χ1) is 14.7. The van der Waals surface area contributed by atoms with Gasteiger partial charge in [0.05, 0.1) is 44.9 Å². The van der Waals surface area contributed by atoms with Gasteiger partial charge in [-0.05, 0) is 12.1 Å². The zero-order valence-corrected chi connectivity index (χ0v) is 17.4. The number of nitrogens with zero attached hydrogens (tertiary/aromatic N) is 5. The van der Waals surface area contributed by atoms with Gasteiger partial charge in [-0.25, -0.2) is 0 Å². The van der Waals surface area contributed by atoms with E-state index in [9.17, 15) is 4.79 Å². The number of piperazine rings is 1. The fraction of sp³-hybridized carbons (Fsp3) is 0.476. The highest BCUT2D eigenvalue weighted by Crippen LogP contribution is 2.32. The minimum atomic E-state index is -0.0488. The summed E-state index contributed by atoms with van der Waals surface area (Å²) in [5, 5.41) is 8.47. The van der Waals surface area contributed by atoms with Crippen molar-refractivity contribution >= 4 is 17.4 Å². The molecule has 2 aliphatic heterocycles. The lowest BCUT2D eigenvalue weighted by molar-refractivity contribution is 0.0742. The molecule has 0 bridgehead atoms. The van der Waals surface area contributed by atoms with Crippen molar-refractivity contribution in [2.75, 3.05) is 76.5 Å². The average molecular weight is 413 g/mol. The lowest BCUT2D eigenvalue weighted by atomic mass is 10.1. The number of benzene rings is 1. The maximum absolute atomic E-state index is 13.1. The molecule has 0 N–H and O–H groups in total. The first-order valence-corrected chi connectivity index (χ1v) is 10.1. The Kier molecular flexibility index (Phi) is 6.18. The zero-order valence-electron chi connectivity index (χ0n) is 17.4. The summed E-state index contributed by atoms with van der Waals surface area (Å²) >= 11 is 0. The van der Waals surface area contributed by atoms with Gasteiger partial charge in [-0.15, -0.1) is 5.10 Å². The third-order valence-corrected chi connectivity index (χ3v) is 5.53. The molecule has 0 unspecified atom stereocenters. The summed E-state index contributed by atoms with van der Waals surface area (Å²) in [7, 11) is 3.12. The van der Waals surface area contributed by atoms with Gasteiger partial charge in [-0.3, -0.25) is 4.79 Å². The molecule has 0 saturated carbocycles. The Morgan fingerprint density at radius 1 is 1.00 bits per heavy atom. The van der Waals surface area contributed by atoms with Crippen LogP contribution in [0.2, 0.25) is 0 Å².